The summed E-state index contributed by atoms with van der Waals surface area (Å²) in [6.45, 7) is 2.86. The van der Waals surface area contributed by atoms with Crippen molar-refractivity contribution in [3.8, 4) is 0 Å². The Kier molecular flexibility index (Phi) is 5.16. The van der Waals surface area contributed by atoms with Gasteiger partial charge in [-0.2, -0.15) is 0 Å². The fourth-order valence-electron chi connectivity index (χ4n) is 2.58. The SMILES string of the molecule is CCC1CCCCC1C(=O)CCCN. The second-order valence-corrected chi connectivity index (χ2v) is 4.42. The molecule has 0 amide bonds. The zero-order chi connectivity index (χ0) is 10.4. The van der Waals surface area contributed by atoms with Crippen molar-refractivity contribution in [2.24, 2.45) is 17.6 Å². The lowest BCUT2D eigenvalue weighted by molar-refractivity contribution is -0.125. The first-order chi connectivity index (χ1) is 6.79. The van der Waals surface area contributed by atoms with Gasteiger partial charge in [-0.1, -0.05) is 26.2 Å². The van der Waals surface area contributed by atoms with Gasteiger partial charge in [0.1, 0.15) is 5.78 Å². The lowest BCUT2D eigenvalue weighted by atomic mass is 9.75. The summed E-state index contributed by atoms with van der Waals surface area (Å²) in [5.41, 5.74) is 5.42. The maximum absolute atomic E-state index is 11.9. The average Bonchev–Trinajstić information content (AvgIpc) is 2.25. The predicted molar refractivity (Wildman–Crippen MR) is 59.0 cm³/mol. The molecule has 1 rings (SSSR count). The third-order valence-electron chi connectivity index (χ3n) is 3.47. The van der Waals surface area contributed by atoms with E-state index in [2.05, 4.69) is 6.92 Å². The number of hydrogen-bond acceptors (Lipinski definition) is 2. The van der Waals surface area contributed by atoms with Crippen molar-refractivity contribution in [2.45, 2.75) is 51.9 Å². The molecule has 14 heavy (non-hydrogen) atoms. The summed E-state index contributed by atoms with van der Waals surface area (Å²) in [6.07, 6.45) is 7.69. The molecule has 1 aliphatic carbocycles. The Bertz CT molecular complexity index is 179. The zero-order valence-electron chi connectivity index (χ0n) is 9.30. The second kappa shape index (κ2) is 6.18. The van der Waals surface area contributed by atoms with Crippen LogP contribution in [0.25, 0.3) is 0 Å². The second-order valence-electron chi connectivity index (χ2n) is 4.42. The first-order valence-electron chi connectivity index (χ1n) is 6.02. The van der Waals surface area contributed by atoms with Gasteiger partial charge < -0.3 is 5.73 Å². The Hall–Kier alpha value is -0.370. The van der Waals surface area contributed by atoms with Crippen molar-refractivity contribution in [3.63, 3.8) is 0 Å². The van der Waals surface area contributed by atoms with Gasteiger partial charge in [-0.05, 0) is 31.7 Å². The minimum atomic E-state index is 0.361. The summed E-state index contributed by atoms with van der Waals surface area (Å²) < 4.78 is 0. The van der Waals surface area contributed by atoms with E-state index < -0.39 is 0 Å². The molecule has 0 aliphatic heterocycles. The van der Waals surface area contributed by atoms with Crippen LogP contribution in [0.4, 0.5) is 0 Å². The summed E-state index contributed by atoms with van der Waals surface area (Å²) in [7, 11) is 0. The van der Waals surface area contributed by atoms with Crippen LogP contribution in [0.1, 0.15) is 51.9 Å². The molecule has 2 unspecified atom stereocenters. The van der Waals surface area contributed by atoms with Gasteiger partial charge in [0.05, 0.1) is 0 Å². The van der Waals surface area contributed by atoms with E-state index in [0.717, 1.165) is 12.8 Å². The minimum Gasteiger partial charge on any atom is -0.330 e. The van der Waals surface area contributed by atoms with Crippen LogP contribution in [0.2, 0.25) is 0 Å². The number of rotatable bonds is 5. The molecular formula is C12H23NO. The molecule has 0 spiro atoms. The Labute approximate surface area is 87.2 Å². The van der Waals surface area contributed by atoms with E-state index in [1.165, 1.54) is 25.7 Å². The zero-order valence-corrected chi connectivity index (χ0v) is 9.30. The van der Waals surface area contributed by atoms with Crippen molar-refractivity contribution in [3.05, 3.63) is 0 Å². The molecule has 2 atom stereocenters. The van der Waals surface area contributed by atoms with Crippen LogP contribution in [0.5, 0.6) is 0 Å². The molecule has 1 saturated carbocycles. The molecule has 1 aliphatic rings. The smallest absolute Gasteiger partial charge is 0.136 e. The number of nitrogens with two attached hydrogens (primary N) is 1. The van der Waals surface area contributed by atoms with Crippen LogP contribution >= 0.6 is 0 Å². The van der Waals surface area contributed by atoms with E-state index >= 15 is 0 Å². The summed E-state index contributed by atoms with van der Waals surface area (Å²) >= 11 is 0. The maximum atomic E-state index is 11.9. The quantitative estimate of drug-likeness (QED) is 0.736. The van der Waals surface area contributed by atoms with Crippen LogP contribution in [0.3, 0.4) is 0 Å². The fraction of sp³-hybridized carbons (Fsp3) is 0.917. The number of hydrogen-bond donors (Lipinski definition) is 1. The van der Waals surface area contributed by atoms with E-state index in [0.29, 0.717) is 30.6 Å². The molecule has 0 bridgehead atoms. The van der Waals surface area contributed by atoms with Crippen molar-refractivity contribution >= 4 is 5.78 Å². The van der Waals surface area contributed by atoms with Crippen LogP contribution in [0, 0.1) is 11.8 Å². The number of Topliss-reactive ketones (excluding diaryl/α,β-unsaturated/α-hetero) is 1. The molecule has 0 saturated heterocycles. The van der Waals surface area contributed by atoms with Crippen molar-refractivity contribution in [1.82, 2.24) is 0 Å². The van der Waals surface area contributed by atoms with E-state index in [4.69, 9.17) is 5.73 Å². The molecule has 0 heterocycles. The summed E-state index contributed by atoms with van der Waals surface area (Å²) in [4.78, 5) is 11.9. The normalized spacial score (nSPS) is 27.6. The maximum Gasteiger partial charge on any atom is 0.136 e. The Balaban J connectivity index is 2.41. The predicted octanol–water partition coefficient (Wildman–Crippen LogP) is 2.51. The van der Waals surface area contributed by atoms with Crippen LogP contribution in [-0.2, 0) is 4.79 Å². The first-order valence-corrected chi connectivity index (χ1v) is 6.02. The Morgan fingerprint density at radius 2 is 2.07 bits per heavy atom. The molecule has 0 aromatic heterocycles. The van der Waals surface area contributed by atoms with Crippen molar-refractivity contribution in [2.75, 3.05) is 6.54 Å². The average molecular weight is 197 g/mol. The Morgan fingerprint density at radius 3 is 2.71 bits per heavy atom. The number of carbonyl (C=O) groups excluding carboxylic acids is 1. The first kappa shape index (κ1) is 11.7. The monoisotopic (exact) mass is 197 g/mol. The van der Waals surface area contributed by atoms with Gasteiger partial charge in [0.2, 0.25) is 0 Å². The Morgan fingerprint density at radius 1 is 1.36 bits per heavy atom. The molecule has 1 fully saturated rings. The molecule has 2 heteroatoms. The third kappa shape index (κ3) is 3.09. The minimum absolute atomic E-state index is 0.361. The van der Waals surface area contributed by atoms with Crippen molar-refractivity contribution < 1.29 is 4.79 Å². The van der Waals surface area contributed by atoms with Crippen LogP contribution < -0.4 is 5.73 Å². The van der Waals surface area contributed by atoms with E-state index in [1.807, 2.05) is 0 Å². The van der Waals surface area contributed by atoms with Gasteiger partial charge in [-0.25, -0.2) is 0 Å². The van der Waals surface area contributed by atoms with Crippen LogP contribution in [0.15, 0.2) is 0 Å². The van der Waals surface area contributed by atoms with Gasteiger partial charge in [-0.15, -0.1) is 0 Å². The molecule has 2 nitrogen and oxygen atoms in total. The van der Waals surface area contributed by atoms with Gasteiger partial charge >= 0.3 is 0 Å². The fourth-order valence-corrected chi connectivity index (χ4v) is 2.58. The molecular weight excluding hydrogens is 174 g/mol. The highest BCUT2D eigenvalue weighted by atomic mass is 16.1. The van der Waals surface area contributed by atoms with Crippen molar-refractivity contribution in [1.29, 1.82) is 0 Å². The number of carbonyl (C=O) groups is 1. The molecule has 2 N–H and O–H groups in total. The highest BCUT2D eigenvalue weighted by Crippen LogP contribution is 2.33. The van der Waals surface area contributed by atoms with Crippen LogP contribution in [-0.4, -0.2) is 12.3 Å². The molecule has 0 radical (unpaired) electrons. The van der Waals surface area contributed by atoms with Gasteiger partial charge in [-0.3, -0.25) is 4.79 Å². The highest BCUT2D eigenvalue weighted by Gasteiger charge is 2.28. The third-order valence-corrected chi connectivity index (χ3v) is 3.47. The highest BCUT2D eigenvalue weighted by molar-refractivity contribution is 5.81. The van der Waals surface area contributed by atoms with Gasteiger partial charge in [0.25, 0.3) is 0 Å². The van der Waals surface area contributed by atoms with E-state index in [-0.39, 0.29) is 0 Å². The lowest BCUT2D eigenvalue weighted by Gasteiger charge is -2.29. The van der Waals surface area contributed by atoms with Gasteiger partial charge in [0.15, 0.2) is 0 Å². The molecule has 82 valence electrons. The summed E-state index contributed by atoms with van der Waals surface area (Å²) in [6, 6.07) is 0. The standard InChI is InChI=1S/C12H23NO/c1-2-10-6-3-4-7-11(10)12(14)8-5-9-13/h10-11H,2-9,13H2,1H3. The number of ketones is 1. The largest absolute Gasteiger partial charge is 0.330 e. The lowest BCUT2D eigenvalue weighted by Crippen LogP contribution is -2.27. The summed E-state index contributed by atoms with van der Waals surface area (Å²) in [5, 5.41) is 0. The van der Waals surface area contributed by atoms with E-state index in [9.17, 15) is 4.79 Å². The topological polar surface area (TPSA) is 43.1 Å². The van der Waals surface area contributed by atoms with Gasteiger partial charge in [0, 0.05) is 12.3 Å². The van der Waals surface area contributed by atoms with E-state index in [1.54, 1.807) is 0 Å². The molecule has 0 aromatic carbocycles. The molecule has 0 aromatic rings. The summed E-state index contributed by atoms with van der Waals surface area (Å²) in [5.74, 6) is 1.50.